The third-order valence-corrected chi connectivity index (χ3v) is 4.05. The average Bonchev–Trinajstić information content (AvgIpc) is 2.41. The normalized spacial score (nSPS) is 19.5. The van der Waals surface area contributed by atoms with Gasteiger partial charge < -0.3 is 10.0 Å². The summed E-state index contributed by atoms with van der Waals surface area (Å²) >= 11 is 11.8. The van der Waals surface area contributed by atoms with Gasteiger partial charge in [-0.1, -0.05) is 23.2 Å². The van der Waals surface area contributed by atoms with Crippen LogP contribution in [0.3, 0.4) is 0 Å². The molecule has 1 aliphatic rings. The number of aliphatic hydroxyl groups is 1. The molecule has 0 bridgehead atoms. The van der Waals surface area contributed by atoms with Crippen LogP contribution in [0.15, 0.2) is 12.1 Å². The summed E-state index contributed by atoms with van der Waals surface area (Å²) < 4.78 is 0. The highest BCUT2D eigenvalue weighted by molar-refractivity contribution is 6.42. The largest absolute Gasteiger partial charge is 0.396 e. The summed E-state index contributed by atoms with van der Waals surface area (Å²) in [5.41, 5.74) is 0.422. The molecule has 2 rings (SSSR count). The predicted octanol–water partition coefficient (Wildman–Crippen LogP) is 3.11. The van der Waals surface area contributed by atoms with Gasteiger partial charge in [0.2, 0.25) is 0 Å². The number of nitro groups is 1. The van der Waals surface area contributed by atoms with Crippen LogP contribution < -0.4 is 4.90 Å². The zero-order chi connectivity index (χ0) is 14.0. The molecule has 0 amide bonds. The summed E-state index contributed by atoms with van der Waals surface area (Å²) in [6, 6.07) is 2.81. The van der Waals surface area contributed by atoms with Crippen LogP contribution >= 0.6 is 23.2 Å². The highest BCUT2D eigenvalue weighted by atomic mass is 35.5. The molecular weight excluding hydrogens is 291 g/mol. The van der Waals surface area contributed by atoms with E-state index in [4.69, 9.17) is 23.2 Å². The van der Waals surface area contributed by atoms with Gasteiger partial charge in [0.05, 0.1) is 15.0 Å². The van der Waals surface area contributed by atoms with Crippen LogP contribution in [0.2, 0.25) is 10.0 Å². The van der Waals surface area contributed by atoms with Crippen LogP contribution in [0.1, 0.15) is 12.8 Å². The SMILES string of the molecule is O=[N+]([O-])c1cc(Cl)c(Cl)cc1N1CCCC(CO)C1. The van der Waals surface area contributed by atoms with Crippen molar-refractivity contribution in [3.63, 3.8) is 0 Å². The topological polar surface area (TPSA) is 66.6 Å². The van der Waals surface area contributed by atoms with Crippen LogP contribution in [0.4, 0.5) is 11.4 Å². The lowest BCUT2D eigenvalue weighted by atomic mass is 9.98. The summed E-state index contributed by atoms with van der Waals surface area (Å²) in [6.07, 6.45) is 1.82. The Morgan fingerprint density at radius 1 is 1.42 bits per heavy atom. The van der Waals surface area contributed by atoms with Gasteiger partial charge in [0, 0.05) is 25.8 Å². The van der Waals surface area contributed by atoms with Crippen molar-refractivity contribution < 1.29 is 10.0 Å². The third kappa shape index (κ3) is 3.11. The Hall–Kier alpha value is -1.04. The van der Waals surface area contributed by atoms with E-state index < -0.39 is 4.92 Å². The molecule has 1 saturated heterocycles. The van der Waals surface area contributed by atoms with Gasteiger partial charge >= 0.3 is 0 Å². The molecule has 1 fully saturated rings. The number of piperidine rings is 1. The number of aliphatic hydroxyl groups excluding tert-OH is 1. The molecule has 1 unspecified atom stereocenters. The van der Waals surface area contributed by atoms with Crippen molar-refractivity contribution in [3.8, 4) is 0 Å². The summed E-state index contributed by atoms with van der Waals surface area (Å²) in [6.45, 7) is 1.40. The minimum Gasteiger partial charge on any atom is -0.396 e. The maximum Gasteiger partial charge on any atom is 0.294 e. The molecule has 0 radical (unpaired) electrons. The minimum atomic E-state index is -0.458. The highest BCUT2D eigenvalue weighted by Crippen LogP contribution is 2.37. The molecule has 0 spiro atoms. The molecule has 1 aromatic rings. The Balaban J connectivity index is 2.37. The summed E-state index contributed by atoms with van der Waals surface area (Å²) in [5.74, 6) is 0.141. The smallest absolute Gasteiger partial charge is 0.294 e. The number of hydrogen-bond donors (Lipinski definition) is 1. The Labute approximate surface area is 120 Å². The molecule has 0 aliphatic carbocycles. The first-order valence-corrected chi connectivity index (χ1v) is 6.77. The number of anilines is 1. The molecule has 5 nitrogen and oxygen atoms in total. The number of nitro benzene ring substituents is 1. The summed E-state index contributed by atoms with van der Waals surface area (Å²) in [7, 11) is 0. The number of halogens is 2. The zero-order valence-corrected chi connectivity index (χ0v) is 11.7. The van der Waals surface area contributed by atoms with Gasteiger partial charge in [0.25, 0.3) is 5.69 Å². The predicted molar refractivity (Wildman–Crippen MR) is 75.1 cm³/mol. The fraction of sp³-hybridized carbons (Fsp3) is 0.500. The van der Waals surface area contributed by atoms with Crippen molar-refractivity contribution >= 4 is 34.6 Å². The lowest BCUT2D eigenvalue weighted by Crippen LogP contribution is -2.37. The van der Waals surface area contributed by atoms with Crippen molar-refractivity contribution in [2.75, 3.05) is 24.6 Å². The molecule has 1 aliphatic heterocycles. The van der Waals surface area contributed by atoms with E-state index in [9.17, 15) is 15.2 Å². The minimum absolute atomic E-state index is 0.0482. The Morgan fingerprint density at radius 2 is 2.11 bits per heavy atom. The van der Waals surface area contributed by atoms with Gasteiger partial charge in [-0.3, -0.25) is 10.1 Å². The molecule has 1 atom stereocenters. The second kappa shape index (κ2) is 5.94. The van der Waals surface area contributed by atoms with Crippen LogP contribution in [-0.4, -0.2) is 29.7 Å². The van der Waals surface area contributed by atoms with Gasteiger partial charge in [0.15, 0.2) is 0 Å². The van der Waals surface area contributed by atoms with Gasteiger partial charge in [-0.05, 0) is 24.8 Å². The van der Waals surface area contributed by atoms with Crippen LogP contribution in [0.5, 0.6) is 0 Å². The monoisotopic (exact) mass is 304 g/mol. The first-order chi connectivity index (χ1) is 9.02. The van der Waals surface area contributed by atoms with E-state index in [0.717, 1.165) is 19.4 Å². The van der Waals surface area contributed by atoms with E-state index in [1.165, 1.54) is 12.1 Å². The molecule has 0 aromatic heterocycles. The van der Waals surface area contributed by atoms with Gasteiger partial charge in [-0.15, -0.1) is 0 Å². The lowest BCUT2D eigenvalue weighted by Gasteiger charge is -2.33. The first kappa shape index (κ1) is 14.4. The molecule has 0 saturated carbocycles. The summed E-state index contributed by atoms with van der Waals surface area (Å²) in [4.78, 5) is 12.5. The second-order valence-electron chi connectivity index (χ2n) is 4.65. The van der Waals surface area contributed by atoms with Crippen LogP contribution in [0, 0.1) is 16.0 Å². The van der Waals surface area contributed by atoms with E-state index in [2.05, 4.69) is 0 Å². The van der Waals surface area contributed by atoms with Gasteiger partial charge in [-0.25, -0.2) is 0 Å². The molecule has 1 N–H and O–H groups in total. The van der Waals surface area contributed by atoms with Crippen LogP contribution in [-0.2, 0) is 0 Å². The van der Waals surface area contributed by atoms with Crippen molar-refractivity contribution in [1.82, 2.24) is 0 Å². The Bertz CT molecular complexity index is 496. The number of rotatable bonds is 3. The lowest BCUT2D eigenvalue weighted by molar-refractivity contribution is -0.384. The molecule has 19 heavy (non-hydrogen) atoms. The van der Waals surface area contributed by atoms with Gasteiger partial charge in [-0.2, -0.15) is 0 Å². The average molecular weight is 305 g/mol. The summed E-state index contributed by atoms with van der Waals surface area (Å²) in [5, 5.41) is 20.8. The van der Waals surface area contributed by atoms with Crippen molar-refractivity contribution in [3.05, 3.63) is 32.3 Å². The van der Waals surface area contributed by atoms with E-state index >= 15 is 0 Å². The Kier molecular flexibility index (Phi) is 4.50. The van der Waals surface area contributed by atoms with Crippen molar-refractivity contribution in [1.29, 1.82) is 0 Å². The van der Waals surface area contributed by atoms with E-state index in [-0.39, 0.29) is 23.2 Å². The quantitative estimate of drug-likeness (QED) is 0.688. The maximum absolute atomic E-state index is 11.1. The molecular formula is C12H14Cl2N2O3. The second-order valence-corrected chi connectivity index (χ2v) is 5.46. The maximum atomic E-state index is 11.1. The number of benzene rings is 1. The molecule has 1 heterocycles. The van der Waals surface area contributed by atoms with Crippen molar-refractivity contribution in [2.24, 2.45) is 5.92 Å². The molecule has 7 heteroatoms. The third-order valence-electron chi connectivity index (χ3n) is 3.33. The molecule has 1 aromatic carbocycles. The molecule has 104 valence electrons. The van der Waals surface area contributed by atoms with E-state index in [1.54, 1.807) is 0 Å². The number of hydrogen-bond acceptors (Lipinski definition) is 4. The van der Waals surface area contributed by atoms with Crippen LogP contribution in [0.25, 0.3) is 0 Å². The zero-order valence-electron chi connectivity index (χ0n) is 10.2. The first-order valence-electron chi connectivity index (χ1n) is 6.02. The van der Waals surface area contributed by atoms with E-state index in [1.807, 2.05) is 4.90 Å². The fourth-order valence-electron chi connectivity index (χ4n) is 2.36. The van der Waals surface area contributed by atoms with E-state index in [0.29, 0.717) is 17.3 Å². The highest BCUT2D eigenvalue weighted by Gasteiger charge is 2.26. The number of nitrogens with zero attached hydrogens (tertiary/aromatic N) is 2. The fourth-order valence-corrected chi connectivity index (χ4v) is 2.67. The Morgan fingerprint density at radius 3 is 2.74 bits per heavy atom. The standard InChI is InChI=1S/C12H14Cl2N2O3/c13-9-4-11(12(16(18)19)5-10(9)14)15-3-1-2-8(6-15)7-17/h4-5,8,17H,1-3,6-7H2. The van der Waals surface area contributed by atoms with Gasteiger partial charge in [0.1, 0.15) is 5.69 Å². The van der Waals surface area contributed by atoms with Crippen molar-refractivity contribution in [2.45, 2.75) is 12.8 Å².